The molecule has 1 fully saturated rings. The van der Waals surface area contributed by atoms with Crippen molar-refractivity contribution in [2.45, 2.75) is 23.0 Å². The summed E-state index contributed by atoms with van der Waals surface area (Å²) in [5, 5.41) is 8.78. The highest BCUT2D eigenvalue weighted by atomic mass is 32.2. The lowest BCUT2D eigenvalue weighted by Gasteiger charge is -2.05. The van der Waals surface area contributed by atoms with Gasteiger partial charge in [0.1, 0.15) is 5.82 Å². The van der Waals surface area contributed by atoms with E-state index in [4.69, 9.17) is 0 Å². The van der Waals surface area contributed by atoms with Crippen LogP contribution < -0.4 is 0 Å². The average Bonchev–Trinajstić information content (AvgIpc) is 3.23. The number of aliphatic hydroxyl groups is 1. The summed E-state index contributed by atoms with van der Waals surface area (Å²) in [7, 11) is -3.54. The van der Waals surface area contributed by atoms with Crippen LogP contribution in [0.5, 0.6) is 0 Å². The Hall–Kier alpha value is -1.72. The van der Waals surface area contributed by atoms with E-state index in [0.717, 1.165) is 5.56 Å². The Morgan fingerprint density at radius 3 is 2.41 bits per heavy atom. The second-order valence-corrected chi connectivity index (χ2v) is 7.86. The third kappa shape index (κ3) is 2.55. The summed E-state index contributed by atoms with van der Waals surface area (Å²) in [6.45, 7) is 1.66. The van der Waals surface area contributed by atoms with Gasteiger partial charge < -0.3 is 5.11 Å². The van der Waals surface area contributed by atoms with E-state index in [9.17, 15) is 17.9 Å². The molecule has 1 saturated carbocycles. The molecule has 1 aliphatic carbocycles. The molecule has 3 atom stereocenters. The topological polar surface area (TPSA) is 54.4 Å². The zero-order chi connectivity index (χ0) is 15.9. The molecule has 2 aromatic rings. The van der Waals surface area contributed by atoms with Crippen molar-refractivity contribution >= 4 is 9.84 Å². The summed E-state index contributed by atoms with van der Waals surface area (Å²) in [5.41, 5.74) is 1.61. The molecule has 0 radical (unpaired) electrons. The standard InChI is InChI=1S/C17H17FO3S/c1-11-5-7-14(8-6-11)22(20,21)17-15(10-19)16(17)12-3-2-4-13(18)9-12/h2-9,15-17,19H,10H2,1H3/t15-,16+,17+/m1/s1. The molecule has 0 spiro atoms. The minimum absolute atomic E-state index is 0.225. The van der Waals surface area contributed by atoms with Crippen molar-refractivity contribution in [3.63, 3.8) is 0 Å². The van der Waals surface area contributed by atoms with Crippen LogP contribution in [0.2, 0.25) is 0 Å². The maximum absolute atomic E-state index is 13.4. The number of halogens is 1. The molecule has 0 unspecified atom stereocenters. The first-order valence-corrected chi connectivity index (χ1v) is 8.66. The van der Waals surface area contributed by atoms with Crippen molar-refractivity contribution < 1.29 is 17.9 Å². The van der Waals surface area contributed by atoms with E-state index in [1.54, 1.807) is 36.4 Å². The van der Waals surface area contributed by atoms with Crippen LogP contribution in [0.3, 0.4) is 0 Å². The van der Waals surface area contributed by atoms with Gasteiger partial charge in [0.05, 0.1) is 10.1 Å². The Kier molecular flexibility index (Phi) is 3.78. The van der Waals surface area contributed by atoms with Crippen LogP contribution in [0.4, 0.5) is 4.39 Å². The molecule has 0 bridgehead atoms. The third-order valence-corrected chi connectivity index (χ3v) is 6.54. The number of rotatable bonds is 4. The molecule has 0 heterocycles. The monoisotopic (exact) mass is 320 g/mol. The highest BCUT2D eigenvalue weighted by molar-refractivity contribution is 7.92. The van der Waals surface area contributed by atoms with Gasteiger partial charge in [-0.3, -0.25) is 0 Å². The zero-order valence-corrected chi connectivity index (χ0v) is 12.9. The van der Waals surface area contributed by atoms with Gasteiger partial charge in [-0.25, -0.2) is 12.8 Å². The van der Waals surface area contributed by atoms with Crippen LogP contribution in [0.15, 0.2) is 53.4 Å². The summed E-state index contributed by atoms with van der Waals surface area (Å²) in [6, 6.07) is 12.6. The number of sulfone groups is 1. The number of hydrogen-bond acceptors (Lipinski definition) is 3. The molecule has 1 N–H and O–H groups in total. The molecular weight excluding hydrogens is 303 g/mol. The molecule has 3 nitrogen and oxygen atoms in total. The fourth-order valence-corrected chi connectivity index (χ4v) is 5.22. The van der Waals surface area contributed by atoms with Gasteiger partial charge >= 0.3 is 0 Å². The Bertz CT molecular complexity index is 784. The largest absolute Gasteiger partial charge is 0.396 e. The molecule has 0 saturated heterocycles. The van der Waals surface area contributed by atoms with E-state index in [-0.39, 0.29) is 23.3 Å². The van der Waals surface area contributed by atoms with Crippen LogP contribution >= 0.6 is 0 Å². The number of benzene rings is 2. The van der Waals surface area contributed by atoms with Gasteiger partial charge in [0, 0.05) is 18.4 Å². The number of aryl methyl sites for hydroxylation is 1. The van der Waals surface area contributed by atoms with Crippen LogP contribution in [-0.2, 0) is 9.84 Å². The number of aliphatic hydroxyl groups excluding tert-OH is 1. The van der Waals surface area contributed by atoms with Crippen molar-refractivity contribution in [1.82, 2.24) is 0 Å². The Morgan fingerprint density at radius 2 is 1.82 bits per heavy atom. The minimum Gasteiger partial charge on any atom is -0.396 e. The van der Waals surface area contributed by atoms with Crippen molar-refractivity contribution in [1.29, 1.82) is 0 Å². The summed E-state index contributed by atoms with van der Waals surface area (Å²) in [4.78, 5) is 0.250. The highest BCUT2D eigenvalue weighted by Gasteiger charge is 2.58. The summed E-state index contributed by atoms with van der Waals surface area (Å²) >= 11 is 0. The molecule has 116 valence electrons. The van der Waals surface area contributed by atoms with Crippen molar-refractivity contribution in [3.8, 4) is 0 Å². The first-order chi connectivity index (χ1) is 10.4. The molecule has 0 amide bonds. The molecule has 3 rings (SSSR count). The fraction of sp³-hybridized carbons (Fsp3) is 0.294. The molecule has 0 aromatic heterocycles. The van der Waals surface area contributed by atoms with Crippen LogP contribution in [-0.4, -0.2) is 25.4 Å². The molecule has 22 heavy (non-hydrogen) atoms. The summed E-state index contributed by atoms with van der Waals surface area (Å²) in [5.74, 6) is -1.13. The molecule has 2 aromatic carbocycles. The van der Waals surface area contributed by atoms with E-state index in [1.807, 2.05) is 6.92 Å². The second-order valence-electron chi connectivity index (χ2n) is 5.75. The quantitative estimate of drug-likeness (QED) is 0.942. The van der Waals surface area contributed by atoms with E-state index >= 15 is 0 Å². The highest BCUT2D eigenvalue weighted by Crippen LogP contribution is 2.53. The Balaban J connectivity index is 1.95. The van der Waals surface area contributed by atoms with Crippen LogP contribution in [0.25, 0.3) is 0 Å². The first kappa shape index (κ1) is 15.2. The van der Waals surface area contributed by atoms with Crippen molar-refractivity contribution in [3.05, 3.63) is 65.5 Å². The number of hydrogen-bond donors (Lipinski definition) is 1. The van der Waals surface area contributed by atoms with Gasteiger partial charge in [-0.05, 0) is 36.8 Å². The van der Waals surface area contributed by atoms with Crippen LogP contribution in [0, 0.1) is 18.7 Å². The van der Waals surface area contributed by atoms with Gasteiger partial charge in [-0.15, -0.1) is 0 Å². The predicted molar refractivity (Wildman–Crippen MR) is 81.9 cm³/mol. The Morgan fingerprint density at radius 1 is 1.14 bits per heavy atom. The first-order valence-electron chi connectivity index (χ1n) is 7.12. The summed E-state index contributed by atoms with van der Waals surface area (Å²) < 4.78 is 38.8. The van der Waals surface area contributed by atoms with Gasteiger partial charge in [-0.2, -0.15) is 0 Å². The lowest BCUT2D eigenvalue weighted by atomic mass is 10.1. The Labute approximate surface area is 129 Å². The van der Waals surface area contributed by atoms with Gasteiger partial charge in [0.15, 0.2) is 9.84 Å². The van der Waals surface area contributed by atoms with E-state index in [0.29, 0.717) is 5.56 Å². The van der Waals surface area contributed by atoms with E-state index < -0.39 is 20.9 Å². The lowest BCUT2D eigenvalue weighted by Crippen LogP contribution is -2.11. The third-order valence-electron chi connectivity index (χ3n) is 4.25. The zero-order valence-electron chi connectivity index (χ0n) is 12.1. The van der Waals surface area contributed by atoms with Gasteiger partial charge in [0.2, 0.25) is 0 Å². The van der Waals surface area contributed by atoms with E-state index in [1.165, 1.54) is 12.1 Å². The van der Waals surface area contributed by atoms with Gasteiger partial charge in [-0.1, -0.05) is 29.8 Å². The predicted octanol–water partition coefficient (Wildman–Crippen LogP) is 2.68. The molecule has 5 heteroatoms. The van der Waals surface area contributed by atoms with Gasteiger partial charge in [0.25, 0.3) is 0 Å². The average molecular weight is 320 g/mol. The van der Waals surface area contributed by atoms with E-state index in [2.05, 4.69) is 0 Å². The second kappa shape index (κ2) is 5.48. The normalized spacial score (nSPS) is 24.2. The maximum atomic E-state index is 13.4. The molecular formula is C17H17FO3S. The maximum Gasteiger partial charge on any atom is 0.182 e. The SMILES string of the molecule is Cc1ccc(S(=O)(=O)[C@H]2[C@H](CO)[C@@H]2c2cccc(F)c2)cc1. The smallest absolute Gasteiger partial charge is 0.182 e. The molecule has 1 aliphatic rings. The van der Waals surface area contributed by atoms with Crippen molar-refractivity contribution in [2.24, 2.45) is 5.92 Å². The molecule has 0 aliphatic heterocycles. The van der Waals surface area contributed by atoms with Crippen molar-refractivity contribution in [2.75, 3.05) is 6.61 Å². The fourth-order valence-electron chi connectivity index (χ4n) is 3.02. The summed E-state index contributed by atoms with van der Waals surface area (Å²) in [6.07, 6.45) is 0. The lowest BCUT2D eigenvalue weighted by molar-refractivity contribution is 0.274. The van der Waals surface area contributed by atoms with Crippen LogP contribution in [0.1, 0.15) is 17.0 Å². The minimum atomic E-state index is -3.54.